The highest BCUT2D eigenvalue weighted by Crippen LogP contribution is 2.32. The number of rotatable bonds is 3. The molecule has 1 heterocycles. The molecule has 3 nitrogen and oxygen atoms in total. The third-order valence-corrected chi connectivity index (χ3v) is 2.06. The summed E-state index contributed by atoms with van der Waals surface area (Å²) < 4.78 is 5.71. The fraction of sp³-hybridized carbons (Fsp3) is 0.500. The predicted octanol–water partition coefficient (Wildman–Crippen LogP) is 1.69. The lowest BCUT2D eigenvalue weighted by molar-refractivity contribution is 0.303. The molecule has 1 aromatic rings. The van der Waals surface area contributed by atoms with Crippen molar-refractivity contribution in [2.45, 2.75) is 18.9 Å². The highest BCUT2D eigenvalue weighted by Gasteiger charge is 2.24. The van der Waals surface area contributed by atoms with Crippen LogP contribution in [-0.2, 0) is 0 Å². The number of hydrogen-bond acceptors (Lipinski definition) is 3. The summed E-state index contributed by atoms with van der Waals surface area (Å²) in [6, 6.07) is 1.97. The molecule has 0 bridgehead atoms. The summed E-state index contributed by atoms with van der Waals surface area (Å²) in [4.78, 5) is 6.10. The first-order chi connectivity index (χ1) is 6.27. The SMILES string of the molecule is CN(C)c1ccncc1OC1CC1. The molecule has 2 rings (SSSR count). The van der Waals surface area contributed by atoms with Crippen molar-refractivity contribution in [1.29, 1.82) is 0 Å². The van der Waals surface area contributed by atoms with Gasteiger partial charge in [-0.05, 0) is 18.9 Å². The second-order valence-corrected chi connectivity index (χ2v) is 3.56. The zero-order valence-electron chi connectivity index (χ0n) is 8.03. The third kappa shape index (κ3) is 1.91. The van der Waals surface area contributed by atoms with E-state index < -0.39 is 0 Å². The lowest BCUT2D eigenvalue weighted by Crippen LogP contribution is -2.11. The van der Waals surface area contributed by atoms with Gasteiger partial charge in [0.15, 0.2) is 5.75 Å². The van der Waals surface area contributed by atoms with Crippen LogP contribution < -0.4 is 9.64 Å². The molecule has 0 aliphatic heterocycles. The largest absolute Gasteiger partial charge is 0.487 e. The van der Waals surface area contributed by atoms with E-state index in [1.165, 1.54) is 12.8 Å². The van der Waals surface area contributed by atoms with Crippen molar-refractivity contribution in [3.05, 3.63) is 18.5 Å². The summed E-state index contributed by atoms with van der Waals surface area (Å²) in [7, 11) is 4.02. The first-order valence-electron chi connectivity index (χ1n) is 4.55. The zero-order chi connectivity index (χ0) is 9.26. The Labute approximate surface area is 78.3 Å². The van der Waals surface area contributed by atoms with E-state index in [4.69, 9.17) is 4.74 Å². The van der Waals surface area contributed by atoms with Crippen LogP contribution in [0.4, 0.5) is 5.69 Å². The van der Waals surface area contributed by atoms with Gasteiger partial charge in [0, 0.05) is 20.3 Å². The molecule has 1 saturated carbocycles. The predicted molar refractivity (Wildman–Crippen MR) is 52.2 cm³/mol. The fourth-order valence-electron chi connectivity index (χ4n) is 1.20. The minimum absolute atomic E-state index is 0.433. The lowest BCUT2D eigenvalue weighted by atomic mass is 10.3. The normalized spacial score (nSPS) is 15.5. The van der Waals surface area contributed by atoms with Crippen LogP contribution in [0.2, 0.25) is 0 Å². The van der Waals surface area contributed by atoms with Crippen molar-refractivity contribution in [2.24, 2.45) is 0 Å². The summed E-state index contributed by atoms with van der Waals surface area (Å²) in [5.41, 5.74) is 1.10. The third-order valence-electron chi connectivity index (χ3n) is 2.06. The molecule has 0 aromatic carbocycles. The van der Waals surface area contributed by atoms with Gasteiger partial charge < -0.3 is 9.64 Å². The number of hydrogen-bond donors (Lipinski definition) is 0. The summed E-state index contributed by atoms with van der Waals surface area (Å²) >= 11 is 0. The van der Waals surface area contributed by atoms with E-state index in [0.29, 0.717) is 6.10 Å². The standard InChI is InChI=1S/C10H14N2O/c1-12(2)9-5-6-11-7-10(9)13-8-3-4-8/h5-8H,3-4H2,1-2H3. The van der Waals surface area contributed by atoms with Crippen molar-refractivity contribution < 1.29 is 4.74 Å². The van der Waals surface area contributed by atoms with E-state index >= 15 is 0 Å². The first kappa shape index (κ1) is 8.35. The summed E-state index contributed by atoms with van der Waals surface area (Å²) in [6.45, 7) is 0. The maximum absolute atomic E-state index is 5.71. The maximum Gasteiger partial charge on any atom is 0.161 e. The van der Waals surface area contributed by atoms with Crippen LogP contribution in [0.15, 0.2) is 18.5 Å². The van der Waals surface area contributed by atoms with Crippen LogP contribution in [0.3, 0.4) is 0 Å². The summed E-state index contributed by atoms with van der Waals surface area (Å²) in [6.07, 6.45) is 6.37. The smallest absolute Gasteiger partial charge is 0.161 e. The molecule has 0 atom stereocenters. The molecule has 1 aromatic heterocycles. The van der Waals surface area contributed by atoms with Gasteiger partial charge in [0.25, 0.3) is 0 Å². The summed E-state index contributed by atoms with van der Waals surface area (Å²) in [5.74, 6) is 0.898. The van der Waals surface area contributed by atoms with Crippen molar-refractivity contribution >= 4 is 5.69 Å². The second kappa shape index (κ2) is 3.24. The van der Waals surface area contributed by atoms with E-state index in [9.17, 15) is 0 Å². The number of anilines is 1. The van der Waals surface area contributed by atoms with E-state index in [0.717, 1.165) is 11.4 Å². The van der Waals surface area contributed by atoms with Crippen LogP contribution >= 0.6 is 0 Å². The average molecular weight is 178 g/mol. The van der Waals surface area contributed by atoms with Crippen molar-refractivity contribution in [3.63, 3.8) is 0 Å². The number of pyridine rings is 1. The van der Waals surface area contributed by atoms with Gasteiger partial charge in [0.05, 0.1) is 18.0 Å². The average Bonchev–Trinajstić information content (AvgIpc) is 2.89. The molecule has 70 valence electrons. The Morgan fingerprint density at radius 3 is 2.85 bits per heavy atom. The zero-order valence-corrected chi connectivity index (χ0v) is 8.03. The highest BCUT2D eigenvalue weighted by molar-refractivity contribution is 5.55. The number of nitrogens with zero attached hydrogens (tertiary/aromatic N) is 2. The minimum atomic E-state index is 0.433. The van der Waals surface area contributed by atoms with Crippen molar-refractivity contribution in [3.8, 4) is 5.75 Å². The van der Waals surface area contributed by atoms with Gasteiger partial charge >= 0.3 is 0 Å². The monoisotopic (exact) mass is 178 g/mol. The van der Waals surface area contributed by atoms with E-state index in [-0.39, 0.29) is 0 Å². The molecular formula is C10H14N2O. The molecule has 0 amide bonds. The lowest BCUT2D eigenvalue weighted by Gasteiger charge is -2.16. The Balaban J connectivity index is 2.20. The highest BCUT2D eigenvalue weighted by atomic mass is 16.5. The van der Waals surface area contributed by atoms with Gasteiger partial charge in [-0.15, -0.1) is 0 Å². The first-order valence-corrected chi connectivity index (χ1v) is 4.55. The molecule has 3 heteroatoms. The van der Waals surface area contributed by atoms with Crippen LogP contribution in [0.5, 0.6) is 5.75 Å². The van der Waals surface area contributed by atoms with E-state index in [1.807, 2.05) is 25.1 Å². The molecule has 0 spiro atoms. The van der Waals surface area contributed by atoms with Gasteiger partial charge in [0.1, 0.15) is 0 Å². The molecule has 1 aliphatic carbocycles. The maximum atomic E-state index is 5.71. The van der Waals surface area contributed by atoms with Gasteiger partial charge in [-0.25, -0.2) is 0 Å². The summed E-state index contributed by atoms with van der Waals surface area (Å²) in [5, 5.41) is 0. The van der Waals surface area contributed by atoms with Gasteiger partial charge in [-0.3, -0.25) is 4.98 Å². The van der Waals surface area contributed by atoms with E-state index in [2.05, 4.69) is 4.98 Å². The Kier molecular flexibility index (Phi) is 2.08. The minimum Gasteiger partial charge on any atom is -0.487 e. The number of ether oxygens (including phenoxy) is 1. The Morgan fingerprint density at radius 2 is 2.23 bits per heavy atom. The molecule has 1 fully saturated rings. The van der Waals surface area contributed by atoms with Crippen molar-refractivity contribution in [2.75, 3.05) is 19.0 Å². The van der Waals surface area contributed by atoms with Crippen molar-refractivity contribution in [1.82, 2.24) is 4.98 Å². The molecule has 0 unspecified atom stereocenters. The second-order valence-electron chi connectivity index (χ2n) is 3.56. The number of aromatic nitrogens is 1. The molecular weight excluding hydrogens is 164 g/mol. The van der Waals surface area contributed by atoms with Crippen LogP contribution in [-0.4, -0.2) is 25.2 Å². The Morgan fingerprint density at radius 1 is 1.46 bits per heavy atom. The molecule has 1 aliphatic rings. The fourth-order valence-corrected chi connectivity index (χ4v) is 1.20. The molecule has 0 radical (unpaired) electrons. The Hall–Kier alpha value is -1.25. The molecule has 0 N–H and O–H groups in total. The van der Waals surface area contributed by atoms with E-state index in [1.54, 1.807) is 12.4 Å². The van der Waals surface area contributed by atoms with Crippen LogP contribution in [0, 0.1) is 0 Å². The van der Waals surface area contributed by atoms with Crippen LogP contribution in [0.25, 0.3) is 0 Å². The molecule has 13 heavy (non-hydrogen) atoms. The van der Waals surface area contributed by atoms with Crippen LogP contribution in [0.1, 0.15) is 12.8 Å². The van der Waals surface area contributed by atoms with Gasteiger partial charge in [0.2, 0.25) is 0 Å². The van der Waals surface area contributed by atoms with Gasteiger partial charge in [-0.2, -0.15) is 0 Å². The topological polar surface area (TPSA) is 25.4 Å². The Bertz CT molecular complexity index is 295. The quantitative estimate of drug-likeness (QED) is 0.704. The molecule has 0 saturated heterocycles. The van der Waals surface area contributed by atoms with Gasteiger partial charge in [-0.1, -0.05) is 0 Å².